The third-order valence-electron chi connectivity index (χ3n) is 2.71. The van der Waals surface area contributed by atoms with Crippen LogP contribution in [0.3, 0.4) is 0 Å². The second-order valence-corrected chi connectivity index (χ2v) is 5.50. The number of aromatic nitrogens is 2. The second-order valence-electron chi connectivity index (χ2n) is 4.04. The van der Waals surface area contributed by atoms with Crippen LogP contribution in [0.1, 0.15) is 5.56 Å². The highest BCUT2D eigenvalue weighted by atomic mass is 35.5. The molecule has 0 aliphatic rings. The van der Waals surface area contributed by atoms with Crippen molar-refractivity contribution >= 4 is 33.2 Å². The lowest BCUT2D eigenvalue weighted by Gasteiger charge is -2.01. The minimum atomic E-state index is -0.112. The number of nitrogens with one attached hydrogen (secondary N) is 1. The van der Waals surface area contributed by atoms with E-state index < -0.39 is 0 Å². The fraction of sp³-hybridized carbons (Fsp3) is 0.0769. The Balaban J connectivity index is 2.26. The predicted octanol–water partition coefficient (Wildman–Crippen LogP) is 3.61. The first-order valence-electron chi connectivity index (χ1n) is 5.39. The summed E-state index contributed by atoms with van der Waals surface area (Å²) in [5, 5.41) is 0.693. The largest absolute Gasteiger partial charge is 0.312 e. The fourth-order valence-corrected chi connectivity index (χ4v) is 3.26. The van der Waals surface area contributed by atoms with E-state index in [1.165, 1.54) is 17.7 Å². The van der Waals surface area contributed by atoms with Gasteiger partial charge in [-0.25, -0.2) is 4.98 Å². The zero-order valence-corrected chi connectivity index (χ0v) is 11.1. The number of fused-ring (bicyclic) bond motifs is 1. The number of H-pyrrole nitrogens is 1. The average molecular weight is 277 g/mol. The lowest BCUT2D eigenvalue weighted by atomic mass is 10.1. The van der Waals surface area contributed by atoms with Crippen molar-refractivity contribution in [1.82, 2.24) is 9.97 Å². The van der Waals surface area contributed by atoms with Gasteiger partial charge in [-0.05, 0) is 24.6 Å². The van der Waals surface area contributed by atoms with E-state index in [-0.39, 0.29) is 5.56 Å². The number of nitrogens with zero attached hydrogens (tertiary/aromatic N) is 1. The summed E-state index contributed by atoms with van der Waals surface area (Å²) in [5.41, 5.74) is 2.64. The summed E-state index contributed by atoms with van der Waals surface area (Å²) in [6.45, 7) is 1.99. The standard InChI is InChI=1S/C13H9ClN2OS/c1-7-2-3-8(9(14)4-7)11-5-10-12(18-11)13(17)16-6-15-10/h2-6H,1H3,(H,15,16,17). The lowest BCUT2D eigenvalue weighted by Crippen LogP contribution is -2.02. The minimum absolute atomic E-state index is 0.112. The van der Waals surface area contributed by atoms with Gasteiger partial charge in [-0.3, -0.25) is 4.79 Å². The summed E-state index contributed by atoms with van der Waals surface area (Å²) in [6.07, 6.45) is 1.41. The normalized spacial score (nSPS) is 11.0. The van der Waals surface area contributed by atoms with Gasteiger partial charge >= 0.3 is 0 Å². The molecule has 0 aliphatic heterocycles. The molecule has 2 aromatic heterocycles. The number of rotatable bonds is 1. The molecule has 18 heavy (non-hydrogen) atoms. The van der Waals surface area contributed by atoms with Crippen LogP contribution in [-0.4, -0.2) is 9.97 Å². The van der Waals surface area contributed by atoms with Crippen molar-refractivity contribution in [3.8, 4) is 10.4 Å². The minimum Gasteiger partial charge on any atom is -0.312 e. The first-order chi connectivity index (χ1) is 8.65. The van der Waals surface area contributed by atoms with E-state index in [1.807, 2.05) is 31.2 Å². The summed E-state index contributed by atoms with van der Waals surface area (Å²) >= 11 is 7.64. The van der Waals surface area contributed by atoms with Crippen molar-refractivity contribution in [1.29, 1.82) is 0 Å². The van der Waals surface area contributed by atoms with E-state index in [4.69, 9.17) is 11.6 Å². The molecular weight excluding hydrogens is 268 g/mol. The van der Waals surface area contributed by atoms with E-state index in [1.54, 1.807) is 0 Å². The smallest absolute Gasteiger partial charge is 0.268 e. The molecule has 0 bridgehead atoms. The Morgan fingerprint density at radius 2 is 2.17 bits per heavy atom. The summed E-state index contributed by atoms with van der Waals surface area (Å²) in [7, 11) is 0. The molecule has 3 nitrogen and oxygen atoms in total. The van der Waals surface area contributed by atoms with Gasteiger partial charge < -0.3 is 4.98 Å². The van der Waals surface area contributed by atoms with Gasteiger partial charge in [0.1, 0.15) is 4.70 Å². The van der Waals surface area contributed by atoms with Gasteiger partial charge in [0.05, 0.1) is 11.8 Å². The van der Waals surface area contributed by atoms with Crippen LogP contribution in [0.25, 0.3) is 20.7 Å². The summed E-state index contributed by atoms with van der Waals surface area (Å²) in [6, 6.07) is 7.78. The Morgan fingerprint density at radius 1 is 1.33 bits per heavy atom. The van der Waals surface area contributed by atoms with E-state index in [0.717, 1.165) is 16.0 Å². The molecule has 0 saturated carbocycles. The Kier molecular flexibility index (Phi) is 2.69. The molecule has 0 aliphatic carbocycles. The Bertz CT molecular complexity index is 791. The van der Waals surface area contributed by atoms with Crippen LogP contribution in [0.4, 0.5) is 0 Å². The highest BCUT2D eigenvalue weighted by Gasteiger charge is 2.10. The number of aryl methyl sites for hydroxylation is 1. The van der Waals surface area contributed by atoms with Crippen molar-refractivity contribution in [3.05, 3.63) is 51.5 Å². The van der Waals surface area contributed by atoms with Crippen LogP contribution in [-0.2, 0) is 0 Å². The van der Waals surface area contributed by atoms with Crippen LogP contribution >= 0.6 is 22.9 Å². The summed E-state index contributed by atoms with van der Waals surface area (Å²) in [5.74, 6) is 0. The second kappa shape index (κ2) is 4.23. The molecule has 0 atom stereocenters. The summed E-state index contributed by atoms with van der Waals surface area (Å²) in [4.78, 5) is 19.3. The molecule has 5 heteroatoms. The summed E-state index contributed by atoms with van der Waals surface area (Å²) < 4.78 is 0.629. The van der Waals surface area contributed by atoms with E-state index >= 15 is 0 Å². The maximum absolute atomic E-state index is 11.6. The van der Waals surface area contributed by atoms with Crippen molar-refractivity contribution in [2.24, 2.45) is 0 Å². The van der Waals surface area contributed by atoms with E-state index in [0.29, 0.717) is 15.2 Å². The zero-order chi connectivity index (χ0) is 12.7. The molecule has 1 aromatic carbocycles. The zero-order valence-electron chi connectivity index (χ0n) is 9.53. The molecular formula is C13H9ClN2OS. The number of thiophene rings is 1. The van der Waals surface area contributed by atoms with Crippen LogP contribution in [0.15, 0.2) is 35.4 Å². The molecule has 3 aromatic rings. The van der Waals surface area contributed by atoms with Gasteiger partial charge in [-0.1, -0.05) is 23.7 Å². The Hall–Kier alpha value is -1.65. The number of halogens is 1. The van der Waals surface area contributed by atoms with Gasteiger partial charge in [0.25, 0.3) is 5.56 Å². The first kappa shape index (κ1) is 11.4. The molecule has 3 rings (SSSR count). The van der Waals surface area contributed by atoms with Gasteiger partial charge in [-0.2, -0.15) is 0 Å². The van der Waals surface area contributed by atoms with Crippen molar-refractivity contribution < 1.29 is 0 Å². The fourth-order valence-electron chi connectivity index (χ4n) is 1.82. The van der Waals surface area contributed by atoms with Crippen molar-refractivity contribution in [2.45, 2.75) is 6.92 Å². The van der Waals surface area contributed by atoms with E-state index in [2.05, 4.69) is 9.97 Å². The molecule has 0 saturated heterocycles. The molecule has 0 radical (unpaired) electrons. The predicted molar refractivity (Wildman–Crippen MR) is 75.4 cm³/mol. The van der Waals surface area contributed by atoms with Crippen molar-refractivity contribution in [3.63, 3.8) is 0 Å². The van der Waals surface area contributed by atoms with Crippen LogP contribution < -0.4 is 5.56 Å². The SMILES string of the molecule is Cc1ccc(-c2cc3nc[nH]c(=O)c3s2)c(Cl)c1. The maximum atomic E-state index is 11.6. The topological polar surface area (TPSA) is 45.8 Å². The van der Waals surface area contributed by atoms with Crippen LogP contribution in [0.5, 0.6) is 0 Å². The van der Waals surface area contributed by atoms with Gasteiger partial charge in [0, 0.05) is 15.5 Å². The highest BCUT2D eigenvalue weighted by Crippen LogP contribution is 2.35. The van der Waals surface area contributed by atoms with Gasteiger partial charge in [0.2, 0.25) is 0 Å². The highest BCUT2D eigenvalue weighted by molar-refractivity contribution is 7.22. The molecule has 2 heterocycles. The molecule has 0 fully saturated rings. The number of benzene rings is 1. The lowest BCUT2D eigenvalue weighted by molar-refractivity contribution is 1.18. The van der Waals surface area contributed by atoms with Crippen molar-refractivity contribution in [2.75, 3.05) is 0 Å². The number of aromatic amines is 1. The first-order valence-corrected chi connectivity index (χ1v) is 6.58. The quantitative estimate of drug-likeness (QED) is 0.738. The van der Waals surface area contributed by atoms with Gasteiger partial charge in [-0.15, -0.1) is 11.3 Å². The number of hydrogen-bond acceptors (Lipinski definition) is 3. The van der Waals surface area contributed by atoms with Gasteiger partial charge in [0.15, 0.2) is 0 Å². The third-order valence-corrected chi connectivity index (χ3v) is 4.18. The Morgan fingerprint density at radius 3 is 2.89 bits per heavy atom. The maximum Gasteiger partial charge on any atom is 0.268 e. The average Bonchev–Trinajstić information content (AvgIpc) is 2.74. The Labute approximate surface area is 112 Å². The molecule has 0 unspecified atom stereocenters. The molecule has 1 N–H and O–H groups in total. The van der Waals surface area contributed by atoms with Crippen LogP contribution in [0, 0.1) is 6.92 Å². The molecule has 0 spiro atoms. The third kappa shape index (κ3) is 1.83. The molecule has 0 amide bonds. The van der Waals surface area contributed by atoms with Crippen LogP contribution in [0.2, 0.25) is 5.02 Å². The monoisotopic (exact) mass is 276 g/mol. The van der Waals surface area contributed by atoms with E-state index in [9.17, 15) is 4.79 Å². The number of hydrogen-bond donors (Lipinski definition) is 1. The molecule has 90 valence electrons.